The van der Waals surface area contributed by atoms with Gasteiger partial charge in [0.2, 0.25) is 0 Å². The zero-order valence-corrected chi connectivity index (χ0v) is 14.4. The van der Waals surface area contributed by atoms with Crippen LogP contribution in [-0.2, 0) is 4.74 Å². The topological polar surface area (TPSA) is 91.7 Å². The van der Waals surface area contributed by atoms with E-state index in [9.17, 15) is 15.0 Å². The van der Waals surface area contributed by atoms with Crippen LogP contribution in [0.5, 0.6) is 0 Å². The maximum atomic E-state index is 11.6. The Hall–Kier alpha value is -2.18. The van der Waals surface area contributed by atoms with Crippen LogP contribution < -0.4 is 5.32 Å². The first-order valence-corrected chi connectivity index (χ1v) is 7.86. The lowest BCUT2D eigenvalue weighted by Crippen LogP contribution is -2.39. The van der Waals surface area contributed by atoms with Crippen molar-refractivity contribution < 1.29 is 19.7 Å². The standard InChI is InChI=1S/C18H24N2O4/c1-11-13(8-7-12-6-5-9-19-15(11)12)16(22)14(21)10-20-17(23)24-18(2,3)4/h5-9,14,16,21-22H,10H2,1-4H3,(H,20,23). The Kier molecular flexibility index (Phi) is 5.41. The number of ether oxygens (including phenoxy) is 1. The largest absolute Gasteiger partial charge is 0.444 e. The highest BCUT2D eigenvalue weighted by Crippen LogP contribution is 2.26. The molecule has 6 nitrogen and oxygen atoms in total. The minimum Gasteiger partial charge on any atom is -0.444 e. The van der Waals surface area contributed by atoms with Crippen LogP contribution in [-0.4, -0.2) is 39.5 Å². The predicted octanol–water partition coefficient (Wildman–Crippen LogP) is 2.46. The molecule has 0 aliphatic carbocycles. The van der Waals surface area contributed by atoms with Crippen molar-refractivity contribution in [2.24, 2.45) is 0 Å². The monoisotopic (exact) mass is 332 g/mol. The van der Waals surface area contributed by atoms with E-state index >= 15 is 0 Å². The molecule has 1 heterocycles. The third-order valence-electron chi connectivity index (χ3n) is 3.61. The smallest absolute Gasteiger partial charge is 0.407 e. The fraction of sp³-hybridized carbons (Fsp3) is 0.444. The van der Waals surface area contributed by atoms with Gasteiger partial charge in [0.1, 0.15) is 17.8 Å². The van der Waals surface area contributed by atoms with Gasteiger partial charge in [0.05, 0.1) is 5.52 Å². The zero-order valence-electron chi connectivity index (χ0n) is 14.4. The highest BCUT2D eigenvalue weighted by molar-refractivity contribution is 5.82. The second-order valence-corrected chi connectivity index (χ2v) is 6.75. The molecule has 0 saturated heterocycles. The van der Waals surface area contributed by atoms with Crippen molar-refractivity contribution in [3.63, 3.8) is 0 Å². The van der Waals surface area contributed by atoms with Gasteiger partial charge in [0, 0.05) is 18.1 Å². The Bertz CT molecular complexity index is 725. The molecule has 3 N–H and O–H groups in total. The molecule has 2 aromatic rings. The van der Waals surface area contributed by atoms with Crippen LogP contribution in [0.2, 0.25) is 0 Å². The van der Waals surface area contributed by atoms with Crippen molar-refractivity contribution in [1.82, 2.24) is 10.3 Å². The van der Waals surface area contributed by atoms with E-state index in [1.807, 2.05) is 25.1 Å². The number of hydrogen-bond acceptors (Lipinski definition) is 5. The van der Waals surface area contributed by atoms with Crippen molar-refractivity contribution in [2.45, 2.75) is 45.5 Å². The normalized spacial score (nSPS) is 14.2. The first kappa shape index (κ1) is 18.2. The molecule has 6 heteroatoms. The molecular weight excluding hydrogens is 308 g/mol. The minimum atomic E-state index is -1.16. The molecule has 0 spiro atoms. The van der Waals surface area contributed by atoms with Crippen LogP contribution in [0.4, 0.5) is 4.79 Å². The number of carbonyl (C=O) groups excluding carboxylic acids is 1. The van der Waals surface area contributed by atoms with Crippen LogP contribution in [0.3, 0.4) is 0 Å². The summed E-state index contributed by atoms with van der Waals surface area (Å²) >= 11 is 0. The number of nitrogens with one attached hydrogen (secondary N) is 1. The molecule has 0 aliphatic heterocycles. The summed E-state index contributed by atoms with van der Waals surface area (Å²) in [6.45, 7) is 6.99. The maximum Gasteiger partial charge on any atom is 0.407 e. The van der Waals surface area contributed by atoms with Crippen molar-refractivity contribution in [2.75, 3.05) is 6.54 Å². The van der Waals surface area contributed by atoms with E-state index in [1.165, 1.54) is 0 Å². The van der Waals surface area contributed by atoms with Gasteiger partial charge >= 0.3 is 6.09 Å². The number of rotatable bonds is 4. The fourth-order valence-electron chi connectivity index (χ4n) is 2.45. The molecule has 130 valence electrons. The van der Waals surface area contributed by atoms with E-state index in [2.05, 4.69) is 10.3 Å². The van der Waals surface area contributed by atoms with E-state index in [0.29, 0.717) is 5.56 Å². The summed E-state index contributed by atoms with van der Waals surface area (Å²) in [6.07, 6.45) is -1.24. The van der Waals surface area contributed by atoms with Crippen molar-refractivity contribution in [1.29, 1.82) is 0 Å². The molecule has 0 fully saturated rings. The van der Waals surface area contributed by atoms with Gasteiger partial charge in [-0.3, -0.25) is 4.98 Å². The average Bonchev–Trinajstić information content (AvgIpc) is 2.51. The molecule has 0 aliphatic rings. The first-order chi connectivity index (χ1) is 11.2. The van der Waals surface area contributed by atoms with Gasteiger partial charge in [-0.2, -0.15) is 0 Å². The van der Waals surface area contributed by atoms with Gasteiger partial charge in [-0.05, 0) is 44.9 Å². The van der Waals surface area contributed by atoms with Gasteiger partial charge in [0.15, 0.2) is 0 Å². The van der Waals surface area contributed by atoms with Gasteiger partial charge in [-0.15, -0.1) is 0 Å². The Labute approximate surface area is 141 Å². The second-order valence-electron chi connectivity index (χ2n) is 6.75. The van der Waals surface area contributed by atoms with Crippen molar-refractivity contribution in [3.05, 3.63) is 41.6 Å². The molecule has 2 rings (SSSR count). The number of pyridine rings is 1. The summed E-state index contributed by atoms with van der Waals surface area (Å²) in [7, 11) is 0. The van der Waals surface area contributed by atoms with Gasteiger partial charge < -0.3 is 20.3 Å². The molecule has 0 bridgehead atoms. The summed E-state index contributed by atoms with van der Waals surface area (Å²) in [4.78, 5) is 15.9. The molecule has 2 unspecified atom stereocenters. The summed E-state index contributed by atoms with van der Waals surface area (Å²) in [6, 6.07) is 7.39. The number of benzene rings is 1. The van der Waals surface area contributed by atoms with Crippen LogP contribution in [0.1, 0.15) is 38.0 Å². The molecule has 24 heavy (non-hydrogen) atoms. The summed E-state index contributed by atoms with van der Waals surface area (Å²) in [5, 5.41) is 24.0. The van der Waals surface area contributed by atoms with E-state index in [0.717, 1.165) is 16.5 Å². The highest BCUT2D eigenvalue weighted by Gasteiger charge is 2.23. The average molecular weight is 332 g/mol. The molecule has 2 atom stereocenters. The lowest BCUT2D eigenvalue weighted by atomic mass is 9.97. The molecular formula is C18H24N2O4. The number of aliphatic hydroxyl groups is 2. The molecule has 1 aromatic carbocycles. The Morgan fingerprint density at radius 1 is 1.29 bits per heavy atom. The lowest BCUT2D eigenvalue weighted by Gasteiger charge is -2.23. The zero-order chi connectivity index (χ0) is 17.9. The summed E-state index contributed by atoms with van der Waals surface area (Å²) in [5.74, 6) is 0. The number of fused-ring (bicyclic) bond motifs is 1. The molecule has 0 saturated carbocycles. The maximum absolute atomic E-state index is 11.6. The van der Waals surface area contributed by atoms with Gasteiger partial charge in [0.25, 0.3) is 0 Å². The van der Waals surface area contributed by atoms with E-state index < -0.39 is 23.9 Å². The molecule has 1 aromatic heterocycles. The third kappa shape index (κ3) is 4.43. The number of aromatic nitrogens is 1. The number of aryl methyl sites for hydroxylation is 1. The SMILES string of the molecule is Cc1c(C(O)C(O)CNC(=O)OC(C)(C)C)ccc2cccnc12. The number of carbonyl (C=O) groups is 1. The summed E-state index contributed by atoms with van der Waals surface area (Å²) in [5.41, 5.74) is 1.55. The quantitative estimate of drug-likeness (QED) is 0.800. The number of aliphatic hydroxyl groups excluding tert-OH is 2. The van der Waals surface area contributed by atoms with Gasteiger partial charge in [-0.25, -0.2) is 4.79 Å². The number of amides is 1. The van der Waals surface area contributed by atoms with Crippen molar-refractivity contribution in [3.8, 4) is 0 Å². The summed E-state index contributed by atoms with van der Waals surface area (Å²) < 4.78 is 5.10. The van der Waals surface area contributed by atoms with Crippen LogP contribution in [0, 0.1) is 6.92 Å². The Morgan fingerprint density at radius 2 is 2.00 bits per heavy atom. The predicted molar refractivity (Wildman–Crippen MR) is 91.7 cm³/mol. The van der Waals surface area contributed by atoms with Crippen LogP contribution in [0.25, 0.3) is 10.9 Å². The number of hydrogen-bond donors (Lipinski definition) is 3. The lowest BCUT2D eigenvalue weighted by molar-refractivity contribution is 0.0127. The second kappa shape index (κ2) is 7.15. The Balaban J connectivity index is 2.07. The Morgan fingerprint density at radius 3 is 2.67 bits per heavy atom. The third-order valence-corrected chi connectivity index (χ3v) is 3.61. The molecule has 1 amide bonds. The van der Waals surface area contributed by atoms with Gasteiger partial charge in [-0.1, -0.05) is 18.2 Å². The number of nitrogens with zero attached hydrogens (tertiary/aromatic N) is 1. The van der Waals surface area contributed by atoms with Crippen molar-refractivity contribution >= 4 is 17.0 Å². The number of alkyl carbamates (subject to hydrolysis) is 1. The first-order valence-electron chi connectivity index (χ1n) is 7.86. The van der Waals surface area contributed by atoms with Crippen LogP contribution in [0.15, 0.2) is 30.5 Å². The highest BCUT2D eigenvalue weighted by atomic mass is 16.6. The van der Waals surface area contributed by atoms with E-state index in [1.54, 1.807) is 33.0 Å². The van der Waals surface area contributed by atoms with Crippen LogP contribution >= 0.6 is 0 Å². The van der Waals surface area contributed by atoms with E-state index in [-0.39, 0.29) is 6.54 Å². The minimum absolute atomic E-state index is 0.115. The fourth-order valence-corrected chi connectivity index (χ4v) is 2.45. The van der Waals surface area contributed by atoms with E-state index in [4.69, 9.17) is 4.74 Å². The molecule has 0 radical (unpaired) electrons.